The van der Waals surface area contributed by atoms with E-state index in [4.69, 9.17) is 44.3 Å². The zero-order valence-electron chi connectivity index (χ0n) is 12.5. The molecule has 1 aliphatic carbocycles. The number of carbonyl (C=O) groups is 2. The summed E-state index contributed by atoms with van der Waals surface area (Å²) in [5.74, 6) is -1.85. The SMILES string of the molecule is C=CC1(NC(=O)C(Cl)(Cl)Cl)C(=O)C=C(C)CC1C(OC)OC. The molecule has 22 heavy (non-hydrogen) atoms. The third kappa shape index (κ3) is 3.84. The maximum Gasteiger partial charge on any atom is 0.273 e. The molecule has 0 aromatic rings. The minimum Gasteiger partial charge on any atom is -0.355 e. The van der Waals surface area contributed by atoms with Gasteiger partial charge in [0.05, 0.1) is 0 Å². The van der Waals surface area contributed by atoms with E-state index >= 15 is 0 Å². The molecule has 0 aromatic heterocycles. The molecule has 2 atom stereocenters. The molecule has 0 aliphatic heterocycles. The number of hydrogen-bond donors (Lipinski definition) is 1. The van der Waals surface area contributed by atoms with Crippen LogP contribution in [0.2, 0.25) is 0 Å². The van der Waals surface area contributed by atoms with E-state index in [-0.39, 0.29) is 5.78 Å². The molecule has 0 heterocycles. The monoisotopic (exact) mass is 369 g/mol. The van der Waals surface area contributed by atoms with Gasteiger partial charge in [0.15, 0.2) is 12.1 Å². The van der Waals surface area contributed by atoms with Crippen LogP contribution in [0.1, 0.15) is 13.3 Å². The molecule has 1 rings (SSSR count). The Kier molecular flexibility index (Phi) is 6.47. The van der Waals surface area contributed by atoms with Crippen molar-refractivity contribution in [2.75, 3.05) is 14.2 Å². The highest BCUT2D eigenvalue weighted by atomic mass is 35.6. The maximum atomic E-state index is 12.6. The van der Waals surface area contributed by atoms with E-state index < -0.39 is 27.4 Å². The topological polar surface area (TPSA) is 64.6 Å². The Morgan fingerprint density at radius 3 is 2.45 bits per heavy atom. The van der Waals surface area contributed by atoms with Crippen molar-refractivity contribution in [2.45, 2.75) is 29.0 Å². The van der Waals surface area contributed by atoms with Crippen LogP contribution in [-0.2, 0) is 19.1 Å². The van der Waals surface area contributed by atoms with Crippen molar-refractivity contribution in [3.8, 4) is 0 Å². The third-order valence-electron chi connectivity index (χ3n) is 3.60. The molecule has 0 radical (unpaired) electrons. The van der Waals surface area contributed by atoms with E-state index in [2.05, 4.69) is 11.9 Å². The fourth-order valence-corrected chi connectivity index (χ4v) is 2.69. The second-order valence-corrected chi connectivity index (χ2v) is 7.31. The summed E-state index contributed by atoms with van der Waals surface area (Å²) in [7, 11) is 2.88. The summed E-state index contributed by atoms with van der Waals surface area (Å²) >= 11 is 16.8. The summed E-state index contributed by atoms with van der Waals surface area (Å²) in [4.78, 5) is 24.6. The lowest BCUT2D eigenvalue weighted by Gasteiger charge is -2.43. The summed E-state index contributed by atoms with van der Waals surface area (Å²) in [5, 5.41) is 2.48. The number of methoxy groups -OCH3 is 2. The highest BCUT2D eigenvalue weighted by Crippen LogP contribution is 2.37. The number of halogens is 3. The van der Waals surface area contributed by atoms with Gasteiger partial charge < -0.3 is 14.8 Å². The van der Waals surface area contributed by atoms with Crippen molar-refractivity contribution in [3.63, 3.8) is 0 Å². The van der Waals surface area contributed by atoms with Gasteiger partial charge in [-0.2, -0.15) is 0 Å². The Labute approximate surface area is 144 Å². The molecule has 1 amide bonds. The molecule has 124 valence electrons. The van der Waals surface area contributed by atoms with Gasteiger partial charge in [-0.25, -0.2) is 0 Å². The van der Waals surface area contributed by atoms with Crippen LogP contribution in [0, 0.1) is 5.92 Å². The number of hydrogen-bond acceptors (Lipinski definition) is 4. The number of allylic oxidation sites excluding steroid dienone is 1. The van der Waals surface area contributed by atoms with E-state index in [9.17, 15) is 9.59 Å². The van der Waals surface area contributed by atoms with Crippen molar-refractivity contribution in [3.05, 3.63) is 24.3 Å². The molecular formula is C14H18Cl3NO4. The number of amides is 1. The van der Waals surface area contributed by atoms with Crippen molar-refractivity contribution >= 4 is 46.5 Å². The first-order valence-electron chi connectivity index (χ1n) is 6.42. The standard InChI is InChI=1S/C14H18Cl3NO4/c1-5-13(18-12(20)14(15,16)17)9(11(21-3)22-4)6-8(2)7-10(13)19/h5,7,9,11H,1,6H2,2-4H3,(H,18,20). The van der Waals surface area contributed by atoms with Crippen LogP contribution in [0.25, 0.3) is 0 Å². The molecule has 8 heteroatoms. The highest BCUT2D eigenvalue weighted by Gasteiger charge is 2.51. The highest BCUT2D eigenvalue weighted by molar-refractivity contribution is 6.76. The second-order valence-electron chi connectivity index (χ2n) is 5.03. The van der Waals surface area contributed by atoms with E-state index in [1.165, 1.54) is 26.4 Å². The van der Waals surface area contributed by atoms with Gasteiger partial charge in [0.2, 0.25) is 0 Å². The lowest BCUT2D eigenvalue weighted by molar-refractivity contribution is -0.161. The fraction of sp³-hybridized carbons (Fsp3) is 0.571. The molecular weight excluding hydrogens is 353 g/mol. The molecule has 0 bridgehead atoms. The smallest absolute Gasteiger partial charge is 0.273 e. The van der Waals surface area contributed by atoms with Gasteiger partial charge in [-0.3, -0.25) is 9.59 Å². The molecule has 1 N–H and O–H groups in total. The van der Waals surface area contributed by atoms with Crippen LogP contribution in [0.3, 0.4) is 0 Å². The van der Waals surface area contributed by atoms with Crippen LogP contribution in [0.5, 0.6) is 0 Å². The molecule has 1 aliphatic rings. The summed E-state index contributed by atoms with van der Waals surface area (Å²) in [6.07, 6.45) is 2.45. The Morgan fingerprint density at radius 1 is 1.50 bits per heavy atom. The number of ketones is 1. The van der Waals surface area contributed by atoms with Gasteiger partial charge in [0, 0.05) is 20.1 Å². The maximum absolute atomic E-state index is 12.6. The summed E-state index contributed by atoms with van der Waals surface area (Å²) < 4.78 is 8.32. The minimum atomic E-state index is -2.20. The first-order valence-corrected chi connectivity index (χ1v) is 7.56. The summed E-state index contributed by atoms with van der Waals surface area (Å²) in [6.45, 7) is 5.47. The zero-order valence-corrected chi connectivity index (χ0v) is 14.8. The van der Waals surface area contributed by atoms with Crippen molar-refractivity contribution < 1.29 is 19.1 Å². The zero-order chi connectivity index (χ0) is 17.1. The van der Waals surface area contributed by atoms with Gasteiger partial charge in [0.25, 0.3) is 9.70 Å². The molecule has 0 aromatic carbocycles. The van der Waals surface area contributed by atoms with E-state index in [0.717, 1.165) is 5.57 Å². The summed E-state index contributed by atoms with van der Waals surface area (Å²) in [5.41, 5.74) is -0.647. The van der Waals surface area contributed by atoms with Crippen LogP contribution >= 0.6 is 34.8 Å². The molecule has 0 fully saturated rings. The predicted molar refractivity (Wildman–Crippen MR) is 86.0 cm³/mol. The van der Waals surface area contributed by atoms with Crippen LogP contribution < -0.4 is 5.32 Å². The molecule has 0 saturated heterocycles. The second kappa shape index (κ2) is 7.32. The van der Waals surface area contributed by atoms with E-state index in [0.29, 0.717) is 6.42 Å². The van der Waals surface area contributed by atoms with Crippen molar-refractivity contribution in [2.24, 2.45) is 5.92 Å². The quantitative estimate of drug-likeness (QED) is 0.459. The largest absolute Gasteiger partial charge is 0.355 e. The first-order chi connectivity index (χ1) is 10.1. The van der Waals surface area contributed by atoms with Gasteiger partial charge >= 0.3 is 0 Å². The molecule has 2 unspecified atom stereocenters. The van der Waals surface area contributed by atoms with E-state index in [1.807, 2.05) is 0 Å². The lowest BCUT2D eigenvalue weighted by Crippen LogP contribution is -2.63. The average molecular weight is 371 g/mol. The third-order valence-corrected chi connectivity index (χ3v) is 4.12. The fourth-order valence-electron chi connectivity index (χ4n) is 2.54. The molecule has 0 saturated carbocycles. The van der Waals surface area contributed by atoms with Crippen LogP contribution in [-0.4, -0.2) is 41.5 Å². The van der Waals surface area contributed by atoms with E-state index in [1.54, 1.807) is 6.92 Å². The van der Waals surface area contributed by atoms with Crippen molar-refractivity contribution in [1.29, 1.82) is 0 Å². The van der Waals surface area contributed by atoms with Gasteiger partial charge in [-0.1, -0.05) is 46.5 Å². The van der Waals surface area contributed by atoms with Gasteiger partial charge in [0.1, 0.15) is 5.54 Å². The predicted octanol–water partition coefficient (Wildman–Crippen LogP) is 2.55. The number of carbonyl (C=O) groups excluding carboxylic acids is 2. The normalized spacial score (nSPS) is 25.9. The van der Waals surface area contributed by atoms with Crippen LogP contribution in [0.4, 0.5) is 0 Å². The number of nitrogens with one attached hydrogen (secondary N) is 1. The van der Waals surface area contributed by atoms with Crippen molar-refractivity contribution in [1.82, 2.24) is 5.32 Å². The Bertz CT molecular complexity index is 497. The van der Waals surface area contributed by atoms with Crippen LogP contribution in [0.15, 0.2) is 24.3 Å². The van der Waals surface area contributed by atoms with Gasteiger partial charge in [-0.15, -0.1) is 6.58 Å². The average Bonchev–Trinajstić information content (AvgIpc) is 2.42. The number of ether oxygens (including phenoxy) is 2. The summed E-state index contributed by atoms with van der Waals surface area (Å²) in [6, 6.07) is 0. The number of rotatable bonds is 5. The Morgan fingerprint density at radius 2 is 2.05 bits per heavy atom. The van der Waals surface area contributed by atoms with Gasteiger partial charge in [-0.05, 0) is 19.4 Å². The molecule has 5 nitrogen and oxygen atoms in total. The number of alkyl halides is 3. The Balaban J connectivity index is 3.32. The minimum absolute atomic E-state index is 0.377. The Hall–Kier alpha value is -0.590. The first kappa shape index (κ1) is 19.5. The molecule has 0 spiro atoms. The lowest BCUT2D eigenvalue weighted by atomic mass is 9.72.